The average Bonchev–Trinajstić information content (AvgIpc) is 2.46. The summed E-state index contributed by atoms with van der Waals surface area (Å²) < 4.78 is 5.62. The van der Waals surface area contributed by atoms with E-state index in [1.807, 2.05) is 0 Å². The second-order valence-electron chi connectivity index (χ2n) is 4.76. The third-order valence-electron chi connectivity index (χ3n) is 3.50. The lowest BCUT2D eigenvalue weighted by atomic mass is 9.93. The molecule has 1 aliphatic rings. The smallest absolute Gasteiger partial charge is 0.310 e. The lowest BCUT2D eigenvalue weighted by Crippen LogP contribution is -2.13. The van der Waals surface area contributed by atoms with Crippen LogP contribution in [0.25, 0.3) is 0 Å². The number of carboxylic acids is 1. The molecule has 0 bridgehead atoms. The summed E-state index contributed by atoms with van der Waals surface area (Å²) in [6.45, 7) is 1.61. The fourth-order valence-electron chi connectivity index (χ4n) is 2.25. The number of pyridine rings is 1. The van der Waals surface area contributed by atoms with Gasteiger partial charge in [-0.3, -0.25) is 4.79 Å². The number of aliphatic hydroxyl groups excluding tert-OH is 1. The number of aliphatic carboxylic acids is 1. The molecule has 2 unspecified atom stereocenters. The molecule has 110 valence electrons. The van der Waals surface area contributed by atoms with Crippen molar-refractivity contribution in [3.05, 3.63) is 53.2 Å². The number of nitrogens with zero attached hydrogens (tertiary/aromatic N) is 1. The number of hydrogen-bond donors (Lipinski definition) is 2. The van der Waals surface area contributed by atoms with Gasteiger partial charge in [0, 0.05) is 17.3 Å². The fourth-order valence-corrected chi connectivity index (χ4v) is 2.25. The van der Waals surface area contributed by atoms with Crippen molar-refractivity contribution in [2.24, 2.45) is 0 Å². The van der Waals surface area contributed by atoms with Gasteiger partial charge in [-0.05, 0) is 36.8 Å². The van der Waals surface area contributed by atoms with E-state index in [9.17, 15) is 9.90 Å². The van der Waals surface area contributed by atoms with E-state index < -0.39 is 18.0 Å². The summed E-state index contributed by atoms with van der Waals surface area (Å²) in [5.74, 6) is -0.655. The van der Waals surface area contributed by atoms with Gasteiger partial charge in [-0.1, -0.05) is 6.07 Å². The van der Waals surface area contributed by atoms with Crippen LogP contribution in [0.3, 0.4) is 0 Å². The van der Waals surface area contributed by atoms with Crippen LogP contribution in [0.1, 0.15) is 35.6 Å². The van der Waals surface area contributed by atoms with Crippen molar-refractivity contribution < 1.29 is 19.7 Å². The Bertz CT molecular complexity index is 689. The molecule has 1 aliphatic heterocycles. The number of carbonyl (C=O) groups is 1. The normalized spacial score (nSPS) is 16.8. The molecule has 0 radical (unpaired) electrons. The van der Waals surface area contributed by atoms with Gasteiger partial charge in [-0.15, -0.1) is 12.4 Å². The van der Waals surface area contributed by atoms with E-state index in [0.717, 1.165) is 0 Å². The van der Waals surface area contributed by atoms with E-state index in [-0.39, 0.29) is 12.4 Å². The standard InChI is InChI=1S/C15H13NO4.ClH/c1-8(15(18)19)9-4-5-12-11(7-9)13(17)10-3-2-6-16-14(10)20-12;/h2-8,13,17H,1H3,(H,18,19);1H. The Morgan fingerprint density at radius 1 is 1.33 bits per heavy atom. The van der Waals surface area contributed by atoms with Gasteiger partial charge in [0.25, 0.3) is 0 Å². The maximum Gasteiger partial charge on any atom is 0.310 e. The van der Waals surface area contributed by atoms with Crippen molar-refractivity contribution in [2.45, 2.75) is 18.9 Å². The topological polar surface area (TPSA) is 79.7 Å². The minimum atomic E-state index is -0.904. The molecule has 2 aromatic rings. The molecule has 0 amide bonds. The number of benzene rings is 1. The van der Waals surface area contributed by atoms with Crippen LogP contribution in [-0.4, -0.2) is 21.2 Å². The first-order valence-electron chi connectivity index (χ1n) is 6.25. The number of carboxylic acid groups (broad SMARTS) is 1. The summed E-state index contributed by atoms with van der Waals surface area (Å²) in [5, 5.41) is 19.5. The van der Waals surface area contributed by atoms with Crippen LogP contribution in [0.15, 0.2) is 36.5 Å². The zero-order chi connectivity index (χ0) is 14.3. The Morgan fingerprint density at radius 2 is 2.10 bits per heavy atom. The third kappa shape index (κ3) is 2.57. The first-order valence-corrected chi connectivity index (χ1v) is 6.25. The van der Waals surface area contributed by atoms with Crippen LogP contribution >= 0.6 is 12.4 Å². The van der Waals surface area contributed by atoms with Crippen molar-refractivity contribution in [1.82, 2.24) is 4.98 Å². The van der Waals surface area contributed by atoms with Crippen molar-refractivity contribution >= 4 is 18.4 Å². The molecule has 2 atom stereocenters. The van der Waals surface area contributed by atoms with E-state index in [1.165, 1.54) is 0 Å². The van der Waals surface area contributed by atoms with Crippen molar-refractivity contribution in [1.29, 1.82) is 0 Å². The average molecular weight is 308 g/mol. The maximum atomic E-state index is 11.0. The summed E-state index contributed by atoms with van der Waals surface area (Å²) >= 11 is 0. The highest BCUT2D eigenvalue weighted by atomic mass is 35.5. The fraction of sp³-hybridized carbons (Fsp3) is 0.200. The Balaban J connectivity index is 0.00000161. The third-order valence-corrected chi connectivity index (χ3v) is 3.50. The molecule has 1 aromatic carbocycles. The number of aliphatic hydroxyl groups is 1. The molecule has 6 heteroatoms. The Labute approximate surface area is 127 Å². The maximum absolute atomic E-state index is 11.0. The van der Waals surface area contributed by atoms with Crippen molar-refractivity contribution in [2.75, 3.05) is 0 Å². The molecule has 0 saturated heterocycles. The highest BCUT2D eigenvalue weighted by molar-refractivity contribution is 5.85. The highest BCUT2D eigenvalue weighted by Crippen LogP contribution is 2.42. The Hall–Kier alpha value is -2.11. The Morgan fingerprint density at radius 3 is 2.81 bits per heavy atom. The predicted molar refractivity (Wildman–Crippen MR) is 78.1 cm³/mol. The molecule has 2 heterocycles. The minimum absolute atomic E-state index is 0. The molecular formula is C15H14ClNO4. The largest absolute Gasteiger partial charge is 0.481 e. The number of hydrogen-bond acceptors (Lipinski definition) is 4. The molecule has 3 rings (SSSR count). The SMILES string of the molecule is CC(C(=O)O)c1ccc2c(c1)C(O)c1cccnc1O2.Cl. The quantitative estimate of drug-likeness (QED) is 0.892. The zero-order valence-corrected chi connectivity index (χ0v) is 12.0. The molecule has 2 N–H and O–H groups in total. The van der Waals surface area contributed by atoms with Crippen LogP contribution in [0.5, 0.6) is 11.6 Å². The molecule has 0 spiro atoms. The molecule has 5 nitrogen and oxygen atoms in total. The summed E-state index contributed by atoms with van der Waals surface area (Å²) in [6, 6.07) is 8.50. The van der Waals surface area contributed by atoms with Gasteiger partial charge in [0.15, 0.2) is 0 Å². The monoisotopic (exact) mass is 307 g/mol. The number of ether oxygens (including phenoxy) is 1. The van der Waals surface area contributed by atoms with Gasteiger partial charge in [-0.2, -0.15) is 0 Å². The number of fused-ring (bicyclic) bond motifs is 2. The predicted octanol–water partition coefficient (Wildman–Crippen LogP) is 2.88. The number of halogens is 1. The van der Waals surface area contributed by atoms with E-state index in [1.54, 1.807) is 43.5 Å². The van der Waals surface area contributed by atoms with Crippen LogP contribution < -0.4 is 4.74 Å². The number of aromatic nitrogens is 1. The summed E-state index contributed by atoms with van der Waals surface area (Å²) in [6.07, 6.45) is 0.737. The van der Waals surface area contributed by atoms with Crippen LogP contribution in [0, 0.1) is 0 Å². The summed E-state index contributed by atoms with van der Waals surface area (Å²) in [5.41, 5.74) is 1.78. The molecule has 0 aliphatic carbocycles. The van der Waals surface area contributed by atoms with Gasteiger partial charge in [0.05, 0.1) is 5.92 Å². The van der Waals surface area contributed by atoms with Crippen LogP contribution in [0.2, 0.25) is 0 Å². The molecular weight excluding hydrogens is 294 g/mol. The van der Waals surface area contributed by atoms with E-state index in [0.29, 0.717) is 28.3 Å². The molecule has 21 heavy (non-hydrogen) atoms. The van der Waals surface area contributed by atoms with Crippen molar-refractivity contribution in [3.8, 4) is 11.6 Å². The highest BCUT2D eigenvalue weighted by Gasteiger charge is 2.27. The van der Waals surface area contributed by atoms with Gasteiger partial charge in [0.1, 0.15) is 11.9 Å². The van der Waals surface area contributed by atoms with E-state index in [2.05, 4.69) is 4.98 Å². The molecule has 1 aromatic heterocycles. The zero-order valence-electron chi connectivity index (χ0n) is 11.2. The first-order chi connectivity index (χ1) is 9.58. The summed E-state index contributed by atoms with van der Waals surface area (Å²) in [4.78, 5) is 15.1. The first kappa shape index (κ1) is 15.3. The van der Waals surface area contributed by atoms with Gasteiger partial charge < -0.3 is 14.9 Å². The van der Waals surface area contributed by atoms with Gasteiger partial charge in [0.2, 0.25) is 5.88 Å². The van der Waals surface area contributed by atoms with Gasteiger partial charge in [-0.25, -0.2) is 4.98 Å². The van der Waals surface area contributed by atoms with Crippen molar-refractivity contribution in [3.63, 3.8) is 0 Å². The summed E-state index contributed by atoms with van der Waals surface area (Å²) in [7, 11) is 0. The lowest BCUT2D eigenvalue weighted by Gasteiger charge is -2.24. The molecule has 0 fully saturated rings. The molecule has 0 saturated carbocycles. The van der Waals surface area contributed by atoms with Crippen LogP contribution in [0.4, 0.5) is 0 Å². The second kappa shape index (κ2) is 5.71. The van der Waals surface area contributed by atoms with E-state index >= 15 is 0 Å². The van der Waals surface area contributed by atoms with E-state index in [4.69, 9.17) is 9.84 Å². The number of rotatable bonds is 2. The minimum Gasteiger partial charge on any atom is -0.481 e. The van der Waals surface area contributed by atoms with Crippen LogP contribution in [-0.2, 0) is 4.79 Å². The van der Waals surface area contributed by atoms with Gasteiger partial charge >= 0.3 is 5.97 Å². The second-order valence-corrected chi connectivity index (χ2v) is 4.76. The Kier molecular flexibility index (Phi) is 4.16. The lowest BCUT2D eigenvalue weighted by molar-refractivity contribution is -0.138.